The van der Waals surface area contributed by atoms with Crippen molar-refractivity contribution in [2.24, 2.45) is 0 Å². The first kappa shape index (κ1) is 15.8. The summed E-state index contributed by atoms with van der Waals surface area (Å²) in [6, 6.07) is 5.02. The van der Waals surface area contributed by atoms with Crippen LogP contribution < -0.4 is 15.0 Å². The van der Waals surface area contributed by atoms with Gasteiger partial charge in [0, 0.05) is 18.7 Å². The average molecular weight is 306 g/mol. The van der Waals surface area contributed by atoms with E-state index < -0.39 is 5.97 Å². The van der Waals surface area contributed by atoms with Crippen molar-refractivity contribution in [3.63, 3.8) is 0 Å². The molecular formula is C15H18N2O5. The fourth-order valence-electron chi connectivity index (χ4n) is 2.19. The highest BCUT2D eigenvalue weighted by Gasteiger charge is 2.25. The highest BCUT2D eigenvalue weighted by Crippen LogP contribution is 2.34. The molecule has 0 aliphatic carbocycles. The van der Waals surface area contributed by atoms with Gasteiger partial charge in [-0.15, -0.1) is 0 Å². The molecule has 1 aliphatic heterocycles. The Kier molecular flexibility index (Phi) is 4.98. The van der Waals surface area contributed by atoms with Crippen LogP contribution in [0.1, 0.15) is 26.2 Å². The molecule has 22 heavy (non-hydrogen) atoms. The summed E-state index contributed by atoms with van der Waals surface area (Å²) in [4.78, 5) is 35.7. The lowest BCUT2D eigenvalue weighted by Crippen LogP contribution is -2.39. The molecule has 2 rings (SSSR count). The molecular weight excluding hydrogens is 288 g/mol. The lowest BCUT2D eigenvalue weighted by atomic mass is 10.2. The Morgan fingerprint density at radius 1 is 1.36 bits per heavy atom. The lowest BCUT2D eigenvalue weighted by Gasteiger charge is -2.29. The number of benzene rings is 1. The molecule has 1 heterocycles. The Bertz CT molecular complexity index is 600. The number of nitrogens with zero attached hydrogens (tertiary/aromatic N) is 1. The van der Waals surface area contributed by atoms with E-state index in [1.807, 2.05) is 6.92 Å². The standard InChI is InChI=1S/C15H18N2O5/c1-2-7-17-11-8-10(16-13(18)5-6-15(20)21)3-4-12(11)22-9-14(17)19/h3-4,8H,2,5-7,9H2,1H3,(H,16,18)(H,20,21). The minimum absolute atomic E-state index is 0.0112. The van der Waals surface area contributed by atoms with Crippen LogP contribution in [0.3, 0.4) is 0 Å². The summed E-state index contributed by atoms with van der Waals surface area (Å²) in [6.45, 7) is 2.56. The van der Waals surface area contributed by atoms with E-state index in [0.29, 0.717) is 23.7 Å². The van der Waals surface area contributed by atoms with Gasteiger partial charge in [0.2, 0.25) is 5.91 Å². The third kappa shape index (κ3) is 3.75. The molecule has 0 saturated carbocycles. The predicted molar refractivity (Wildman–Crippen MR) is 80.1 cm³/mol. The second kappa shape index (κ2) is 6.93. The summed E-state index contributed by atoms with van der Waals surface area (Å²) in [5.41, 5.74) is 1.13. The summed E-state index contributed by atoms with van der Waals surface area (Å²) >= 11 is 0. The molecule has 0 radical (unpaired) electrons. The third-order valence-electron chi connectivity index (χ3n) is 3.20. The molecule has 0 saturated heterocycles. The Labute approximate surface area is 127 Å². The number of hydrogen-bond donors (Lipinski definition) is 2. The van der Waals surface area contributed by atoms with Crippen molar-refractivity contribution in [3.8, 4) is 5.75 Å². The highest BCUT2D eigenvalue weighted by molar-refractivity contribution is 5.99. The fraction of sp³-hybridized carbons (Fsp3) is 0.400. The van der Waals surface area contributed by atoms with Gasteiger partial charge in [-0.1, -0.05) is 6.92 Å². The maximum absolute atomic E-state index is 11.9. The molecule has 7 heteroatoms. The van der Waals surface area contributed by atoms with E-state index in [-0.39, 0.29) is 31.3 Å². The maximum atomic E-state index is 11.9. The topological polar surface area (TPSA) is 95.9 Å². The van der Waals surface area contributed by atoms with Crippen LogP contribution in [0.5, 0.6) is 5.75 Å². The summed E-state index contributed by atoms with van der Waals surface area (Å²) in [7, 11) is 0. The molecule has 118 valence electrons. The molecule has 1 aromatic rings. The number of aliphatic carboxylic acids is 1. The number of amides is 2. The van der Waals surface area contributed by atoms with E-state index >= 15 is 0 Å². The number of carbonyl (C=O) groups excluding carboxylic acids is 2. The molecule has 0 fully saturated rings. The van der Waals surface area contributed by atoms with Gasteiger partial charge in [-0.3, -0.25) is 14.4 Å². The van der Waals surface area contributed by atoms with E-state index in [2.05, 4.69) is 5.32 Å². The minimum atomic E-state index is -1.02. The number of ether oxygens (including phenoxy) is 1. The first-order valence-corrected chi connectivity index (χ1v) is 7.10. The number of rotatable bonds is 6. The van der Waals surface area contributed by atoms with E-state index in [9.17, 15) is 14.4 Å². The molecule has 2 amide bonds. The number of hydrogen-bond acceptors (Lipinski definition) is 4. The third-order valence-corrected chi connectivity index (χ3v) is 3.20. The number of anilines is 2. The largest absolute Gasteiger partial charge is 0.482 e. The summed E-state index contributed by atoms with van der Waals surface area (Å²) < 4.78 is 5.37. The fourth-order valence-corrected chi connectivity index (χ4v) is 2.19. The van der Waals surface area contributed by atoms with Crippen molar-refractivity contribution < 1.29 is 24.2 Å². The number of carbonyl (C=O) groups is 3. The predicted octanol–water partition coefficient (Wildman–Crippen LogP) is 1.63. The van der Waals surface area contributed by atoms with Crippen molar-refractivity contribution >= 4 is 29.2 Å². The Morgan fingerprint density at radius 3 is 2.82 bits per heavy atom. The van der Waals surface area contributed by atoms with Crippen molar-refractivity contribution in [3.05, 3.63) is 18.2 Å². The Hall–Kier alpha value is -2.57. The van der Waals surface area contributed by atoms with E-state index in [1.54, 1.807) is 23.1 Å². The lowest BCUT2D eigenvalue weighted by molar-refractivity contribution is -0.138. The summed E-state index contributed by atoms with van der Waals surface area (Å²) in [5, 5.41) is 11.2. The van der Waals surface area contributed by atoms with E-state index in [1.165, 1.54) is 0 Å². The van der Waals surface area contributed by atoms with Gasteiger partial charge in [-0.05, 0) is 24.6 Å². The average Bonchev–Trinajstić information content (AvgIpc) is 2.48. The maximum Gasteiger partial charge on any atom is 0.303 e. The zero-order chi connectivity index (χ0) is 16.1. The van der Waals surface area contributed by atoms with Gasteiger partial charge < -0.3 is 20.1 Å². The number of fused-ring (bicyclic) bond motifs is 1. The first-order chi connectivity index (χ1) is 10.5. The molecule has 0 spiro atoms. The van der Waals surface area contributed by atoms with Crippen molar-refractivity contribution in [1.29, 1.82) is 0 Å². The van der Waals surface area contributed by atoms with Crippen LogP contribution in [0.2, 0.25) is 0 Å². The van der Waals surface area contributed by atoms with Crippen LogP contribution in [-0.4, -0.2) is 36.0 Å². The zero-order valence-electron chi connectivity index (χ0n) is 12.3. The van der Waals surface area contributed by atoms with Gasteiger partial charge >= 0.3 is 5.97 Å². The molecule has 1 aromatic carbocycles. The SMILES string of the molecule is CCCN1C(=O)COc2ccc(NC(=O)CCC(=O)O)cc21. The van der Waals surface area contributed by atoms with Crippen molar-refractivity contribution in [1.82, 2.24) is 0 Å². The summed E-state index contributed by atoms with van der Waals surface area (Å²) in [5.74, 6) is -0.929. The Morgan fingerprint density at radius 2 is 2.14 bits per heavy atom. The van der Waals surface area contributed by atoms with Gasteiger partial charge in [0.1, 0.15) is 5.75 Å². The molecule has 0 atom stereocenters. The van der Waals surface area contributed by atoms with Gasteiger partial charge in [0.25, 0.3) is 5.91 Å². The van der Waals surface area contributed by atoms with Gasteiger partial charge in [0.05, 0.1) is 12.1 Å². The quantitative estimate of drug-likeness (QED) is 0.832. The zero-order valence-corrected chi connectivity index (χ0v) is 12.3. The van der Waals surface area contributed by atoms with Crippen LogP contribution >= 0.6 is 0 Å². The second-order valence-electron chi connectivity index (χ2n) is 4.96. The monoisotopic (exact) mass is 306 g/mol. The van der Waals surface area contributed by atoms with Crippen LogP contribution in [0, 0.1) is 0 Å². The van der Waals surface area contributed by atoms with Gasteiger partial charge in [-0.25, -0.2) is 0 Å². The van der Waals surface area contributed by atoms with Gasteiger partial charge in [0.15, 0.2) is 6.61 Å². The van der Waals surface area contributed by atoms with E-state index in [0.717, 1.165) is 6.42 Å². The van der Waals surface area contributed by atoms with Crippen LogP contribution in [0.4, 0.5) is 11.4 Å². The van der Waals surface area contributed by atoms with Crippen LogP contribution in [0.15, 0.2) is 18.2 Å². The molecule has 7 nitrogen and oxygen atoms in total. The number of carboxylic acids is 1. The molecule has 0 unspecified atom stereocenters. The normalized spacial score (nSPS) is 13.3. The smallest absolute Gasteiger partial charge is 0.303 e. The molecule has 0 aromatic heterocycles. The number of carboxylic acid groups (broad SMARTS) is 1. The van der Waals surface area contributed by atoms with Crippen LogP contribution in [0.25, 0.3) is 0 Å². The minimum Gasteiger partial charge on any atom is -0.482 e. The Balaban J connectivity index is 2.14. The molecule has 0 bridgehead atoms. The molecule has 1 aliphatic rings. The second-order valence-corrected chi connectivity index (χ2v) is 4.96. The highest BCUT2D eigenvalue weighted by atomic mass is 16.5. The van der Waals surface area contributed by atoms with Crippen LogP contribution in [-0.2, 0) is 14.4 Å². The molecule has 2 N–H and O–H groups in total. The van der Waals surface area contributed by atoms with Crippen molar-refractivity contribution in [2.75, 3.05) is 23.4 Å². The van der Waals surface area contributed by atoms with Gasteiger partial charge in [-0.2, -0.15) is 0 Å². The number of nitrogens with one attached hydrogen (secondary N) is 1. The summed E-state index contributed by atoms with van der Waals surface area (Å²) in [6.07, 6.45) is 0.487. The first-order valence-electron chi connectivity index (χ1n) is 7.10. The van der Waals surface area contributed by atoms with Crippen molar-refractivity contribution in [2.45, 2.75) is 26.2 Å². The van der Waals surface area contributed by atoms with E-state index in [4.69, 9.17) is 9.84 Å².